The highest BCUT2D eigenvalue weighted by molar-refractivity contribution is 6.09. The van der Waals surface area contributed by atoms with Gasteiger partial charge in [-0.1, -0.05) is 19.1 Å². The third-order valence-electron chi connectivity index (χ3n) is 5.65. The van der Waals surface area contributed by atoms with Crippen LogP contribution in [0.15, 0.2) is 41.2 Å². The zero-order valence-electron chi connectivity index (χ0n) is 17.3. The Labute approximate surface area is 171 Å². The van der Waals surface area contributed by atoms with Gasteiger partial charge in [0.05, 0.1) is 13.2 Å². The lowest BCUT2D eigenvalue weighted by atomic mass is 10.1. The molecule has 0 spiro atoms. The van der Waals surface area contributed by atoms with Crippen LogP contribution in [-0.2, 0) is 16.0 Å². The highest BCUT2D eigenvalue weighted by atomic mass is 16.5. The molecule has 0 saturated carbocycles. The molecule has 2 unspecified atom stereocenters. The van der Waals surface area contributed by atoms with Gasteiger partial charge in [-0.2, -0.15) is 0 Å². The predicted molar refractivity (Wildman–Crippen MR) is 110 cm³/mol. The number of imide groups is 1. The molecule has 1 saturated heterocycles. The molecule has 29 heavy (non-hydrogen) atoms. The SMILES string of the molecule is CCOCCN1C(=O)C2C(N=C3N(c4ccc(CC)cc4)C(C)=CN32)N(C)C1=O. The first-order chi connectivity index (χ1) is 14.0. The summed E-state index contributed by atoms with van der Waals surface area (Å²) in [6, 6.07) is 7.45. The van der Waals surface area contributed by atoms with Gasteiger partial charge in [-0.15, -0.1) is 0 Å². The fraction of sp³-hybridized carbons (Fsp3) is 0.476. The Balaban J connectivity index is 1.63. The number of aliphatic imine (C=N–C) groups is 1. The van der Waals surface area contributed by atoms with Crippen LogP contribution in [0.4, 0.5) is 10.5 Å². The Bertz CT molecular complexity index is 879. The number of anilines is 1. The molecule has 1 aromatic carbocycles. The number of allylic oxidation sites excluding steroid dienone is 1. The number of hydrogen-bond donors (Lipinski definition) is 0. The van der Waals surface area contributed by atoms with E-state index >= 15 is 0 Å². The molecule has 0 aromatic heterocycles. The molecule has 3 aliphatic heterocycles. The van der Waals surface area contributed by atoms with E-state index in [1.807, 2.05) is 29.8 Å². The molecule has 1 fully saturated rings. The maximum atomic E-state index is 13.2. The van der Waals surface area contributed by atoms with E-state index in [9.17, 15) is 9.59 Å². The lowest BCUT2D eigenvalue weighted by Gasteiger charge is -2.40. The predicted octanol–water partition coefficient (Wildman–Crippen LogP) is 2.23. The molecule has 0 N–H and O–H groups in total. The van der Waals surface area contributed by atoms with Crippen LogP contribution in [0.5, 0.6) is 0 Å². The maximum absolute atomic E-state index is 13.2. The van der Waals surface area contributed by atoms with Crippen molar-refractivity contribution in [1.29, 1.82) is 0 Å². The van der Waals surface area contributed by atoms with Crippen molar-refractivity contribution < 1.29 is 14.3 Å². The zero-order valence-corrected chi connectivity index (χ0v) is 17.3. The van der Waals surface area contributed by atoms with Gasteiger partial charge in [-0.25, -0.2) is 9.79 Å². The Hall–Kier alpha value is -2.87. The second kappa shape index (κ2) is 7.51. The second-order valence-electron chi connectivity index (χ2n) is 7.40. The molecule has 3 heterocycles. The number of likely N-dealkylation sites (N-methyl/N-ethyl adjacent to an activating group) is 1. The van der Waals surface area contributed by atoms with Crippen molar-refractivity contribution in [3.8, 4) is 0 Å². The minimum Gasteiger partial charge on any atom is -0.380 e. The van der Waals surface area contributed by atoms with Crippen LogP contribution in [-0.4, -0.2) is 71.6 Å². The first-order valence-electron chi connectivity index (χ1n) is 10.1. The van der Waals surface area contributed by atoms with Crippen molar-refractivity contribution >= 4 is 23.6 Å². The summed E-state index contributed by atoms with van der Waals surface area (Å²) in [5, 5.41) is 0. The smallest absolute Gasteiger partial charge is 0.328 e. The number of rotatable bonds is 6. The summed E-state index contributed by atoms with van der Waals surface area (Å²) in [4.78, 5) is 37.5. The number of aryl methyl sites for hydroxylation is 1. The number of ether oxygens (including phenoxy) is 1. The molecule has 8 nitrogen and oxygen atoms in total. The van der Waals surface area contributed by atoms with Crippen LogP contribution in [0.3, 0.4) is 0 Å². The Morgan fingerprint density at radius 3 is 2.52 bits per heavy atom. The van der Waals surface area contributed by atoms with Gasteiger partial charge < -0.3 is 14.5 Å². The fourth-order valence-electron chi connectivity index (χ4n) is 4.06. The van der Waals surface area contributed by atoms with Crippen LogP contribution >= 0.6 is 0 Å². The van der Waals surface area contributed by atoms with Crippen molar-refractivity contribution in [3.05, 3.63) is 41.7 Å². The van der Waals surface area contributed by atoms with E-state index in [4.69, 9.17) is 9.73 Å². The average molecular weight is 397 g/mol. The van der Waals surface area contributed by atoms with E-state index in [0.29, 0.717) is 19.2 Å². The number of nitrogens with zero attached hydrogens (tertiary/aromatic N) is 5. The van der Waals surface area contributed by atoms with E-state index in [-0.39, 0.29) is 18.5 Å². The van der Waals surface area contributed by atoms with Crippen LogP contribution in [0, 0.1) is 0 Å². The maximum Gasteiger partial charge on any atom is 0.328 e. The molecule has 1 aromatic rings. The fourth-order valence-corrected chi connectivity index (χ4v) is 4.06. The zero-order chi connectivity index (χ0) is 20.7. The van der Waals surface area contributed by atoms with E-state index < -0.39 is 12.2 Å². The van der Waals surface area contributed by atoms with Crippen molar-refractivity contribution in [1.82, 2.24) is 14.7 Å². The molecule has 8 heteroatoms. The van der Waals surface area contributed by atoms with Gasteiger partial charge in [0, 0.05) is 31.2 Å². The summed E-state index contributed by atoms with van der Waals surface area (Å²) < 4.78 is 5.35. The summed E-state index contributed by atoms with van der Waals surface area (Å²) in [5.74, 6) is 0.449. The molecule has 154 valence electrons. The normalized spacial score (nSPS) is 23.4. The number of benzene rings is 1. The topological polar surface area (TPSA) is 68.7 Å². The van der Waals surface area contributed by atoms with Crippen LogP contribution in [0.1, 0.15) is 26.3 Å². The summed E-state index contributed by atoms with van der Waals surface area (Å²) in [7, 11) is 1.70. The largest absolute Gasteiger partial charge is 0.380 e. The van der Waals surface area contributed by atoms with Gasteiger partial charge in [0.2, 0.25) is 5.96 Å². The summed E-state index contributed by atoms with van der Waals surface area (Å²) in [5.41, 5.74) is 3.24. The molecule has 2 atom stereocenters. The van der Waals surface area contributed by atoms with Crippen LogP contribution in [0.2, 0.25) is 0 Å². The minimum atomic E-state index is -0.552. The molecular weight excluding hydrogens is 370 g/mol. The van der Waals surface area contributed by atoms with Gasteiger partial charge in [0.25, 0.3) is 5.91 Å². The van der Waals surface area contributed by atoms with Crippen molar-refractivity contribution in [2.75, 3.05) is 31.7 Å². The summed E-state index contributed by atoms with van der Waals surface area (Å²) in [6.07, 6.45) is 2.39. The minimum absolute atomic E-state index is 0.233. The van der Waals surface area contributed by atoms with E-state index in [1.54, 1.807) is 11.9 Å². The molecule has 0 bridgehead atoms. The van der Waals surface area contributed by atoms with Gasteiger partial charge in [-0.05, 0) is 38.0 Å². The average Bonchev–Trinajstić information content (AvgIpc) is 3.23. The lowest BCUT2D eigenvalue weighted by Crippen LogP contribution is -2.64. The standard InChI is InChI=1S/C21H27N5O3/c1-5-15-7-9-16(10-8-15)26-14(3)13-25-17-18(22-20(25)26)23(4)21(28)24(19(17)27)11-12-29-6-2/h7-10,13,17-18H,5-6,11-12H2,1-4H3. The van der Waals surface area contributed by atoms with Crippen LogP contribution in [0.25, 0.3) is 0 Å². The highest BCUT2D eigenvalue weighted by Gasteiger charge is 2.54. The number of amides is 3. The number of carbonyl (C=O) groups is 2. The third-order valence-corrected chi connectivity index (χ3v) is 5.65. The first-order valence-corrected chi connectivity index (χ1v) is 10.1. The third kappa shape index (κ3) is 3.07. The van der Waals surface area contributed by atoms with Gasteiger partial charge in [-0.3, -0.25) is 14.6 Å². The van der Waals surface area contributed by atoms with Gasteiger partial charge in [0.15, 0.2) is 12.2 Å². The molecule has 0 aliphatic carbocycles. The molecule has 0 radical (unpaired) electrons. The highest BCUT2D eigenvalue weighted by Crippen LogP contribution is 2.36. The first kappa shape index (κ1) is 19.4. The number of fused-ring (bicyclic) bond motifs is 3. The molecular formula is C21H27N5O3. The molecule has 3 aliphatic rings. The van der Waals surface area contributed by atoms with Crippen molar-refractivity contribution in [3.63, 3.8) is 0 Å². The number of carbonyl (C=O) groups excluding carboxylic acids is 2. The quantitative estimate of drug-likeness (QED) is 0.689. The Morgan fingerprint density at radius 1 is 1.14 bits per heavy atom. The Morgan fingerprint density at radius 2 is 1.86 bits per heavy atom. The van der Waals surface area contributed by atoms with Crippen LogP contribution < -0.4 is 4.90 Å². The van der Waals surface area contributed by atoms with E-state index in [0.717, 1.165) is 17.8 Å². The lowest BCUT2D eigenvalue weighted by molar-refractivity contribution is -0.137. The summed E-state index contributed by atoms with van der Waals surface area (Å²) >= 11 is 0. The summed E-state index contributed by atoms with van der Waals surface area (Å²) in [6.45, 7) is 7.13. The number of urea groups is 1. The van der Waals surface area contributed by atoms with Gasteiger partial charge in [0.1, 0.15) is 0 Å². The van der Waals surface area contributed by atoms with Gasteiger partial charge >= 0.3 is 6.03 Å². The number of hydrogen-bond acceptors (Lipinski definition) is 6. The van der Waals surface area contributed by atoms with Crippen molar-refractivity contribution in [2.24, 2.45) is 4.99 Å². The molecule has 3 amide bonds. The molecule has 4 rings (SSSR count). The van der Waals surface area contributed by atoms with E-state index in [2.05, 4.69) is 31.2 Å². The van der Waals surface area contributed by atoms with Crippen molar-refractivity contribution in [2.45, 2.75) is 39.4 Å². The number of guanidine groups is 1. The second-order valence-corrected chi connectivity index (χ2v) is 7.40. The Kier molecular flexibility index (Phi) is 5.04. The van der Waals surface area contributed by atoms with E-state index in [1.165, 1.54) is 10.5 Å². The monoisotopic (exact) mass is 397 g/mol.